The van der Waals surface area contributed by atoms with Gasteiger partial charge in [-0.1, -0.05) is 13.0 Å². The third-order valence-corrected chi connectivity index (χ3v) is 6.37. The van der Waals surface area contributed by atoms with E-state index in [0.29, 0.717) is 5.92 Å². The number of methoxy groups -OCH3 is 1. The minimum Gasteiger partial charge on any atom is -0.497 e. The zero-order chi connectivity index (χ0) is 17.6. The first-order chi connectivity index (χ1) is 12.1. The monoisotopic (exact) mass is 338 g/mol. The molecular weight excluding hydrogens is 312 g/mol. The van der Waals surface area contributed by atoms with Gasteiger partial charge in [0.15, 0.2) is 0 Å². The molecule has 25 heavy (non-hydrogen) atoms. The van der Waals surface area contributed by atoms with Crippen molar-refractivity contribution < 1.29 is 9.84 Å². The molecule has 0 aliphatic carbocycles. The number of pyridine rings is 1. The Kier molecular flexibility index (Phi) is 4.05. The van der Waals surface area contributed by atoms with Crippen molar-refractivity contribution in [2.75, 3.05) is 20.2 Å². The first-order valence-electron chi connectivity index (χ1n) is 9.04. The third kappa shape index (κ3) is 2.64. The van der Waals surface area contributed by atoms with Crippen LogP contribution < -0.4 is 4.74 Å². The molecule has 3 aliphatic rings. The molecule has 0 spiro atoms. The first-order valence-corrected chi connectivity index (χ1v) is 9.04. The molecule has 0 amide bonds. The van der Waals surface area contributed by atoms with Gasteiger partial charge in [-0.25, -0.2) is 0 Å². The zero-order valence-electron chi connectivity index (χ0n) is 15.0. The third-order valence-electron chi connectivity index (χ3n) is 6.37. The van der Waals surface area contributed by atoms with Crippen molar-refractivity contribution in [1.82, 2.24) is 9.88 Å². The number of rotatable bonds is 4. The molecule has 2 aromatic rings. The second-order valence-corrected chi connectivity index (χ2v) is 7.70. The highest BCUT2D eigenvalue weighted by atomic mass is 16.5. The Morgan fingerprint density at radius 2 is 2.28 bits per heavy atom. The van der Waals surface area contributed by atoms with E-state index in [1.165, 1.54) is 6.42 Å². The molecule has 1 aromatic heterocycles. The van der Waals surface area contributed by atoms with Crippen LogP contribution in [0.15, 0.2) is 43.1 Å². The normalized spacial score (nSPS) is 32.5. The average Bonchev–Trinajstić information content (AvgIpc) is 2.66. The van der Waals surface area contributed by atoms with Crippen LogP contribution in [0.2, 0.25) is 0 Å². The molecule has 3 saturated heterocycles. The van der Waals surface area contributed by atoms with E-state index >= 15 is 0 Å². The smallest absolute Gasteiger partial charge is 0.119 e. The van der Waals surface area contributed by atoms with Crippen LogP contribution in [0.3, 0.4) is 0 Å². The van der Waals surface area contributed by atoms with E-state index < -0.39 is 6.10 Å². The van der Waals surface area contributed by atoms with Gasteiger partial charge < -0.3 is 9.84 Å². The van der Waals surface area contributed by atoms with Gasteiger partial charge in [-0.15, -0.1) is 6.58 Å². The summed E-state index contributed by atoms with van der Waals surface area (Å²) in [5.41, 5.74) is 2.00. The fourth-order valence-electron chi connectivity index (χ4n) is 4.71. The summed E-state index contributed by atoms with van der Waals surface area (Å²) in [6.45, 7) is 8.39. The van der Waals surface area contributed by atoms with Crippen molar-refractivity contribution >= 4 is 10.9 Å². The molecule has 132 valence electrons. The molecular formula is C21H26N2O2. The fraction of sp³-hybridized carbons (Fsp3) is 0.476. The highest BCUT2D eigenvalue weighted by molar-refractivity contribution is 5.83. The summed E-state index contributed by atoms with van der Waals surface area (Å²) in [5.74, 6) is 1.39. The first kappa shape index (κ1) is 16.6. The quantitative estimate of drug-likeness (QED) is 0.866. The van der Waals surface area contributed by atoms with Crippen molar-refractivity contribution in [2.45, 2.75) is 31.9 Å². The van der Waals surface area contributed by atoms with Crippen molar-refractivity contribution in [3.05, 3.63) is 48.7 Å². The molecule has 0 radical (unpaired) electrons. The van der Waals surface area contributed by atoms with Crippen molar-refractivity contribution in [3.63, 3.8) is 0 Å². The van der Waals surface area contributed by atoms with Gasteiger partial charge in [0.2, 0.25) is 0 Å². The molecule has 5 rings (SSSR count). The lowest BCUT2D eigenvalue weighted by atomic mass is 9.65. The van der Waals surface area contributed by atoms with E-state index in [9.17, 15) is 5.11 Å². The van der Waals surface area contributed by atoms with E-state index in [-0.39, 0.29) is 11.5 Å². The predicted molar refractivity (Wildman–Crippen MR) is 99.6 cm³/mol. The van der Waals surface area contributed by atoms with E-state index in [1.54, 1.807) is 13.3 Å². The number of fused-ring (bicyclic) bond motifs is 4. The molecule has 4 unspecified atom stereocenters. The van der Waals surface area contributed by atoms with Crippen molar-refractivity contribution in [1.29, 1.82) is 0 Å². The van der Waals surface area contributed by atoms with Crippen LogP contribution in [0.25, 0.3) is 10.9 Å². The summed E-state index contributed by atoms with van der Waals surface area (Å²) in [7, 11) is 1.66. The molecule has 4 nitrogen and oxygen atoms in total. The Balaban J connectivity index is 1.69. The molecule has 0 saturated carbocycles. The van der Waals surface area contributed by atoms with Gasteiger partial charge in [0.05, 0.1) is 18.7 Å². The summed E-state index contributed by atoms with van der Waals surface area (Å²) in [5, 5.41) is 12.2. The van der Waals surface area contributed by atoms with Gasteiger partial charge >= 0.3 is 0 Å². The Hall–Kier alpha value is -1.91. The van der Waals surface area contributed by atoms with E-state index in [4.69, 9.17) is 4.74 Å². The van der Waals surface area contributed by atoms with Crippen LogP contribution in [0.4, 0.5) is 0 Å². The largest absolute Gasteiger partial charge is 0.497 e. The number of piperidine rings is 3. The highest BCUT2D eigenvalue weighted by Crippen LogP contribution is 2.48. The average molecular weight is 338 g/mol. The van der Waals surface area contributed by atoms with Gasteiger partial charge in [-0.05, 0) is 55.1 Å². The lowest BCUT2D eigenvalue weighted by molar-refractivity contribution is -0.0759. The molecule has 3 fully saturated rings. The Morgan fingerprint density at radius 1 is 1.44 bits per heavy atom. The van der Waals surface area contributed by atoms with Crippen LogP contribution in [0.5, 0.6) is 5.75 Å². The number of ether oxygens (including phenoxy) is 1. The number of aromatic nitrogens is 1. The van der Waals surface area contributed by atoms with E-state index in [0.717, 1.165) is 41.7 Å². The molecule has 4 heteroatoms. The van der Waals surface area contributed by atoms with Gasteiger partial charge in [0.1, 0.15) is 5.75 Å². The molecule has 2 bridgehead atoms. The summed E-state index contributed by atoms with van der Waals surface area (Å²) in [4.78, 5) is 6.88. The van der Waals surface area contributed by atoms with Crippen molar-refractivity contribution in [2.24, 2.45) is 11.3 Å². The Labute approximate surface area is 149 Å². The van der Waals surface area contributed by atoms with Crippen LogP contribution in [0.1, 0.15) is 31.4 Å². The Morgan fingerprint density at radius 3 is 2.96 bits per heavy atom. The predicted octanol–water partition coefficient (Wildman–Crippen LogP) is 3.56. The summed E-state index contributed by atoms with van der Waals surface area (Å²) >= 11 is 0. The van der Waals surface area contributed by atoms with E-state index in [2.05, 4.69) is 29.5 Å². The van der Waals surface area contributed by atoms with Gasteiger partial charge in [0.25, 0.3) is 0 Å². The number of nitrogens with zero attached hydrogens (tertiary/aromatic N) is 2. The minimum atomic E-state index is -0.519. The maximum absolute atomic E-state index is 11.2. The second kappa shape index (κ2) is 6.11. The number of aliphatic hydroxyl groups excluding tert-OH is 1. The SMILES string of the molecule is C=CC1(C)CN2CCC1CC2[C@@H](O)c1ccnc2ccc(OC)cc12. The number of hydrogen-bond donors (Lipinski definition) is 1. The zero-order valence-corrected chi connectivity index (χ0v) is 15.0. The fourth-order valence-corrected chi connectivity index (χ4v) is 4.71. The van der Waals surface area contributed by atoms with Crippen LogP contribution >= 0.6 is 0 Å². The second-order valence-electron chi connectivity index (χ2n) is 7.70. The van der Waals surface area contributed by atoms with Crippen LogP contribution in [-0.4, -0.2) is 41.2 Å². The maximum Gasteiger partial charge on any atom is 0.119 e. The lowest BCUT2D eigenvalue weighted by Gasteiger charge is -2.55. The topological polar surface area (TPSA) is 45.6 Å². The molecule has 1 N–H and O–H groups in total. The van der Waals surface area contributed by atoms with Crippen LogP contribution in [0, 0.1) is 11.3 Å². The maximum atomic E-state index is 11.2. The molecule has 4 heterocycles. The number of hydrogen-bond acceptors (Lipinski definition) is 4. The lowest BCUT2D eigenvalue weighted by Crippen LogP contribution is -2.58. The van der Waals surface area contributed by atoms with Crippen molar-refractivity contribution in [3.8, 4) is 5.75 Å². The molecule has 3 aliphatic heterocycles. The van der Waals surface area contributed by atoms with Gasteiger partial charge in [-0.2, -0.15) is 0 Å². The summed E-state index contributed by atoms with van der Waals surface area (Å²) in [6, 6.07) is 7.94. The summed E-state index contributed by atoms with van der Waals surface area (Å²) in [6.07, 6.45) is 5.58. The standard InChI is InChI=1S/C21H26N2O2/c1-4-21(2)13-23-10-8-14(21)11-19(23)20(24)16-7-9-22-18-6-5-15(25-3)12-17(16)18/h4-7,9,12,14,19-20,24H,1,8,10-11,13H2,2-3H3/t14?,19?,20-,21?/m0/s1. The van der Waals surface area contributed by atoms with Gasteiger partial charge in [0, 0.05) is 29.6 Å². The molecule has 1 aromatic carbocycles. The Bertz CT molecular complexity index is 806. The van der Waals surface area contributed by atoms with Crippen LogP contribution in [-0.2, 0) is 0 Å². The number of aliphatic hydroxyl groups is 1. The number of benzene rings is 1. The van der Waals surface area contributed by atoms with E-state index in [1.807, 2.05) is 24.3 Å². The molecule has 5 atom stereocenters. The summed E-state index contributed by atoms with van der Waals surface area (Å²) < 4.78 is 5.36. The minimum absolute atomic E-state index is 0.156. The highest BCUT2D eigenvalue weighted by Gasteiger charge is 2.47. The van der Waals surface area contributed by atoms with Gasteiger partial charge in [-0.3, -0.25) is 9.88 Å².